The minimum atomic E-state index is -0.949. The number of hydrogen-bond acceptors (Lipinski definition) is 3. The van der Waals surface area contributed by atoms with Crippen molar-refractivity contribution in [3.63, 3.8) is 0 Å². The summed E-state index contributed by atoms with van der Waals surface area (Å²) in [6, 6.07) is 0. The van der Waals surface area contributed by atoms with E-state index < -0.39 is 5.97 Å². The number of hydrogen-bond donors (Lipinski definition) is 1. The van der Waals surface area contributed by atoms with Gasteiger partial charge in [-0.1, -0.05) is 6.92 Å². The summed E-state index contributed by atoms with van der Waals surface area (Å²) in [4.78, 5) is 10.1. The molecule has 0 radical (unpaired) electrons. The van der Waals surface area contributed by atoms with Crippen LogP contribution in [-0.2, 0) is 14.3 Å². The van der Waals surface area contributed by atoms with Gasteiger partial charge in [-0.2, -0.15) is 0 Å². The number of carboxylic acid groups (broad SMARTS) is 1. The van der Waals surface area contributed by atoms with Gasteiger partial charge in [0.1, 0.15) is 6.61 Å². The highest BCUT2D eigenvalue weighted by molar-refractivity contribution is 5.68. The molecule has 2 unspecified atom stereocenters. The fourth-order valence-corrected chi connectivity index (χ4v) is 0.679. The molecule has 0 saturated carbocycles. The van der Waals surface area contributed by atoms with Crippen molar-refractivity contribution in [3.05, 3.63) is 0 Å². The SMILES string of the molecule is CCC(C)OCC(C)OCC(=O)O. The van der Waals surface area contributed by atoms with Crippen LogP contribution in [0.25, 0.3) is 0 Å². The molecule has 0 aromatic carbocycles. The van der Waals surface area contributed by atoms with Gasteiger partial charge in [0.05, 0.1) is 18.8 Å². The van der Waals surface area contributed by atoms with Gasteiger partial charge in [0, 0.05) is 0 Å². The van der Waals surface area contributed by atoms with Gasteiger partial charge < -0.3 is 14.6 Å². The van der Waals surface area contributed by atoms with Crippen LogP contribution in [-0.4, -0.2) is 36.5 Å². The molecule has 1 N–H and O–H groups in total. The Morgan fingerprint density at radius 1 is 1.31 bits per heavy atom. The standard InChI is InChI=1S/C9H18O4/c1-4-7(2)12-5-8(3)13-6-9(10)11/h7-8H,4-6H2,1-3H3,(H,10,11). The van der Waals surface area contributed by atoms with E-state index in [1.54, 1.807) is 6.92 Å². The van der Waals surface area contributed by atoms with E-state index >= 15 is 0 Å². The summed E-state index contributed by atoms with van der Waals surface area (Å²) >= 11 is 0. The van der Waals surface area contributed by atoms with Crippen molar-refractivity contribution in [1.29, 1.82) is 0 Å². The minimum Gasteiger partial charge on any atom is -0.480 e. The molecule has 0 heterocycles. The van der Waals surface area contributed by atoms with E-state index in [0.717, 1.165) is 6.42 Å². The quantitative estimate of drug-likeness (QED) is 0.657. The number of rotatable bonds is 7. The summed E-state index contributed by atoms with van der Waals surface area (Å²) in [5, 5.41) is 8.32. The van der Waals surface area contributed by atoms with E-state index in [1.165, 1.54) is 0 Å². The van der Waals surface area contributed by atoms with Gasteiger partial charge in [0.2, 0.25) is 0 Å². The lowest BCUT2D eigenvalue weighted by molar-refractivity contribution is -0.145. The molecule has 4 nitrogen and oxygen atoms in total. The Bertz CT molecular complexity index is 147. The molecule has 0 aromatic rings. The van der Waals surface area contributed by atoms with Crippen LogP contribution in [0.1, 0.15) is 27.2 Å². The van der Waals surface area contributed by atoms with Gasteiger partial charge in [-0.3, -0.25) is 0 Å². The first-order valence-electron chi connectivity index (χ1n) is 4.51. The molecule has 0 aliphatic rings. The summed E-state index contributed by atoms with van der Waals surface area (Å²) < 4.78 is 10.3. The van der Waals surface area contributed by atoms with Crippen molar-refractivity contribution in [3.8, 4) is 0 Å². The first-order valence-corrected chi connectivity index (χ1v) is 4.51. The zero-order chi connectivity index (χ0) is 10.3. The number of aliphatic carboxylic acids is 1. The number of carbonyl (C=O) groups is 1. The summed E-state index contributed by atoms with van der Waals surface area (Å²) in [5.41, 5.74) is 0. The van der Waals surface area contributed by atoms with Crippen LogP contribution >= 0.6 is 0 Å². The molecule has 78 valence electrons. The molecular formula is C9H18O4. The fraction of sp³-hybridized carbons (Fsp3) is 0.889. The van der Waals surface area contributed by atoms with E-state index in [4.69, 9.17) is 14.6 Å². The van der Waals surface area contributed by atoms with Crippen LogP contribution in [0.15, 0.2) is 0 Å². The Morgan fingerprint density at radius 2 is 1.92 bits per heavy atom. The molecule has 0 spiro atoms. The van der Waals surface area contributed by atoms with Gasteiger partial charge in [-0.15, -0.1) is 0 Å². The van der Waals surface area contributed by atoms with Gasteiger partial charge in [0.25, 0.3) is 0 Å². The second-order valence-corrected chi connectivity index (χ2v) is 3.07. The van der Waals surface area contributed by atoms with Crippen molar-refractivity contribution >= 4 is 5.97 Å². The highest BCUT2D eigenvalue weighted by Gasteiger charge is 2.07. The molecule has 0 bridgehead atoms. The Kier molecular flexibility index (Phi) is 6.54. The maximum absolute atomic E-state index is 10.1. The average molecular weight is 190 g/mol. The largest absolute Gasteiger partial charge is 0.480 e. The highest BCUT2D eigenvalue weighted by Crippen LogP contribution is 1.99. The molecule has 0 aromatic heterocycles. The van der Waals surface area contributed by atoms with E-state index in [1.807, 2.05) is 13.8 Å². The summed E-state index contributed by atoms with van der Waals surface area (Å²) in [5.74, 6) is -0.949. The molecule has 4 heteroatoms. The zero-order valence-electron chi connectivity index (χ0n) is 8.45. The van der Waals surface area contributed by atoms with E-state index in [9.17, 15) is 4.79 Å². The minimum absolute atomic E-state index is 0.162. The van der Waals surface area contributed by atoms with Crippen molar-refractivity contribution in [2.45, 2.75) is 39.4 Å². The fourth-order valence-electron chi connectivity index (χ4n) is 0.679. The Balaban J connectivity index is 3.39. The summed E-state index contributed by atoms with van der Waals surface area (Å²) in [7, 11) is 0. The third-order valence-electron chi connectivity index (χ3n) is 1.68. The second kappa shape index (κ2) is 6.86. The van der Waals surface area contributed by atoms with Crippen LogP contribution in [0, 0.1) is 0 Å². The predicted octanol–water partition coefficient (Wildman–Crippen LogP) is 1.29. The Labute approximate surface area is 78.8 Å². The Hall–Kier alpha value is -0.610. The van der Waals surface area contributed by atoms with Crippen molar-refractivity contribution in [2.24, 2.45) is 0 Å². The van der Waals surface area contributed by atoms with Crippen LogP contribution in [0.4, 0.5) is 0 Å². The smallest absolute Gasteiger partial charge is 0.329 e. The average Bonchev–Trinajstić information content (AvgIpc) is 2.10. The Morgan fingerprint density at radius 3 is 2.38 bits per heavy atom. The topological polar surface area (TPSA) is 55.8 Å². The normalized spacial score (nSPS) is 15.3. The molecule has 0 aliphatic carbocycles. The van der Waals surface area contributed by atoms with Gasteiger partial charge in [-0.05, 0) is 20.3 Å². The second-order valence-electron chi connectivity index (χ2n) is 3.07. The predicted molar refractivity (Wildman–Crippen MR) is 48.8 cm³/mol. The van der Waals surface area contributed by atoms with Gasteiger partial charge in [-0.25, -0.2) is 4.79 Å². The first kappa shape index (κ1) is 12.4. The van der Waals surface area contributed by atoms with Gasteiger partial charge >= 0.3 is 5.97 Å². The molecule has 2 atom stereocenters. The monoisotopic (exact) mass is 190 g/mol. The third kappa shape index (κ3) is 7.74. The van der Waals surface area contributed by atoms with E-state index in [2.05, 4.69) is 0 Å². The van der Waals surface area contributed by atoms with Gasteiger partial charge in [0.15, 0.2) is 0 Å². The van der Waals surface area contributed by atoms with E-state index in [-0.39, 0.29) is 18.8 Å². The van der Waals surface area contributed by atoms with Crippen LogP contribution in [0.3, 0.4) is 0 Å². The first-order chi connectivity index (χ1) is 6.06. The molecule has 0 saturated heterocycles. The highest BCUT2D eigenvalue weighted by atomic mass is 16.5. The van der Waals surface area contributed by atoms with Crippen LogP contribution in [0.2, 0.25) is 0 Å². The molecule has 0 amide bonds. The van der Waals surface area contributed by atoms with Crippen molar-refractivity contribution < 1.29 is 19.4 Å². The molecule has 0 rings (SSSR count). The third-order valence-corrected chi connectivity index (χ3v) is 1.68. The molecule has 13 heavy (non-hydrogen) atoms. The maximum atomic E-state index is 10.1. The number of ether oxygens (including phenoxy) is 2. The van der Waals surface area contributed by atoms with Crippen molar-refractivity contribution in [1.82, 2.24) is 0 Å². The molecular weight excluding hydrogens is 172 g/mol. The lowest BCUT2D eigenvalue weighted by atomic mass is 10.3. The van der Waals surface area contributed by atoms with Crippen molar-refractivity contribution in [2.75, 3.05) is 13.2 Å². The summed E-state index contributed by atoms with van der Waals surface area (Å²) in [6.07, 6.45) is 0.993. The van der Waals surface area contributed by atoms with Crippen LogP contribution in [0.5, 0.6) is 0 Å². The zero-order valence-corrected chi connectivity index (χ0v) is 8.45. The van der Waals surface area contributed by atoms with E-state index in [0.29, 0.717) is 6.61 Å². The summed E-state index contributed by atoms with van der Waals surface area (Å²) in [6.45, 7) is 6.00. The lowest BCUT2D eigenvalue weighted by Crippen LogP contribution is -2.22. The lowest BCUT2D eigenvalue weighted by Gasteiger charge is -2.15. The molecule has 0 fully saturated rings. The number of carboxylic acids is 1. The van der Waals surface area contributed by atoms with Crippen LogP contribution < -0.4 is 0 Å². The molecule has 0 aliphatic heterocycles. The maximum Gasteiger partial charge on any atom is 0.329 e.